The van der Waals surface area contributed by atoms with Crippen LogP contribution in [0.3, 0.4) is 0 Å². The molecular weight excluding hydrogens is 320 g/mol. The van der Waals surface area contributed by atoms with Crippen molar-refractivity contribution in [3.05, 3.63) is 22.4 Å². The summed E-state index contributed by atoms with van der Waals surface area (Å²) < 4.78 is 0. The molecule has 0 aliphatic heterocycles. The zero-order valence-corrected chi connectivity index (χ0v) is 16.3. The molecule has 1 aromatic rings. The molecule has 0 aliphatic rings. The summed E-state index contributed by atoms with van der Waals surface area (Å²) in [6.07, 6.45) is 4.87. The van der Waals surface area contributed by atoms with Crippen molar-refractivity contribution in [2.45, 2.75) is 46.1 Å². The summed E-state index contributed by atoms with van der Waals surface area (Å²) in [5, 5.41) is 10.7. The fourth-order valence-corrected chi connectivity index (χ4v) is 2.89. The first-order valence-electron chi connectivity index (χ1n) is 8.80. The zero-order valence-electron chi connectivity index (χ0n) is 15.5. The molecule has 0 aromatic carbocycles. The summed E-state index contributed by atoms with van der Waals surface area (Å²) in [4.78, 5) is 18.0. The van der Waals surface area contributed by atoms with E-state index in [9.17, 15) is 4.79 Å². The highest BCUT2D eigenvalue weighted by atomic mass is 32.1. The van der Waals surface area contributed by atoms with E-state index in [1.54, 1.807) is 30.3 Å². The number of likely N-dealkylation sites (N-methyl/N-ethyl adjacent to an activating group) is 1. The van der Waals surface area contributed by atoms with Crippen LogP contribution in [0, 0.1) is 5.92 Å². The van der Waals surface area contributed by atoms with Crippen LogP contribution in [-0.4, -0.2) is 44.0 Å². The number of carbonyl (C=O) groups excluding carboxylic acids is 1. The van der Waals surface area contributed by atoms with Crippen LogP contribution in [0.1, 0.15) is 45.1 Å². The van der Waals surface area contributed by atoms with E-state index >= 15 is 0 Å². The van der Waals surface area contributed by atoms with Gasteiger partial charge in [-0.25, -0.2) is 4.99 Å². The Morgan fingerprint density at radius 3 is 2.71 bits per heavy atom. The Morgan fingerprint density at radius 1 is 1.33 bits per heavy atom. The van der Waals surface area contributed by atoms with Gasteiger partial charge in [0.1, 0.15) is 0 Å². The van der Waals surface area contributed by atoms with E-state index in [1.165, 1.54) is 24.8 Å². The molecular formula is C18H32N4OS. The van der Waals surface area contributed by atoms with Gasteiger partial charge in [0.25, 0.3) is 0 Å². The molecule has 0 aliphatic carbocycles. The lowest BCUT2D eigenvalue weighted by Crippen LogP contribution is -2.44. The van der Waals surface area contributed by atoms with Gasteiger partial charge in [-0.15, -0.1) is 0 Å². The Kier molecular flexibility index (Phi) is 10.2. The standard InChI is InChI=1S/C18H32N4OS/c1-5-7-8-15(6-2)11-19-18(21-13-17(23)22(3)4)20-12-16-9-10-24-14-16/h9-10,14-15H,5-8,11-13H2,1-4H3,(H2,19,20,21). The maximum atomic E-state index is 11.8. The predicted molar refractivity (Wildman–Crippen MR) is 103 cm³/mol. The van der Waals surface area contributed by atoms with Gasteiger partial charge >= 0.3 is 0 Å². The van der Waals surface area contributed by atoms with Crippen LogP contribution in [0.4, 0.5) is 0 Å². The second kappa shape index (κ2) is 11.9. The molecule has 1 atom stereocenters. The van der Waals surface area contributed by atoms with Gasteiger partial charge in [0.05, 0.1) is 13.1 Å². The molecule has 136 valence electrons. The van der Waals surface area contributed by atoms with Crippen LogP contribution in [0.2, 0.25) is 0 Å². The maximum absolute atomic E-state index is 11.8. The van der Waals surface area contributed by atoms with Crippen molar-refractivity contribution in [3.8, 4) is 0 Å². The summed E-state index contributed by atoms with van der Waals surface area (Å²) in [7, 11) is 3.52. The average Bonchev–Trinajstić information content (AvgIpc) is 3.09. The van der Waals surface area contributed by atoms with Crippen molar-refractivity contribution in [1.82, 2.24) is 15.5 Å². The monoisotopic (exact) mass is 352 g/mol. The number of nitrogens with zero attached hydrogens (tertiary/aromatic N) is 2. The summed E-state index contributed by atoms with van der Waals surface area (Å²) in [5.41, 5.74) is 1.19. The number of hydrogen-bond acceptors (Lipinski definition) is 3. The van der Waals surface area contributed by atoms with Gasteiger partial charge in [0.15, 0.2) is 5.96 Å². The Labute approximate surface area is 150 Å². The third-order valence-electron chi connectivity index (χ3n) is 4.01. The minimum atomic E-state index is 0.0399. The molecule has 0 fully saturated rings. The van der Waals surface area contributed by atoms with Gasteiger partial charge in [-0.2, -0.15) is 11.3 Å². The van der Waals surface area contributed by atoms with E-state index in [0.29, 0.717) is 18.4 Å². The molecule has 0 bridgehead atoms. The lowest BCUT2D eigenvalue weighted by atomic mass is 9.99. The number of carbonyl (C=O) groups is 1. The fraction of sp³-hybridized carbons (Fsp3) is 0.667. The minimum absolute atomic E-state index is 0.0399. The van der Waals surface area contributed by atoms with E-state index in [0.717, 1.165) is 13.0 Å². The van der Waals surface area contributed by atoms with E-state index in [4.69, 9.17) is 0 Å². The van der Waals surface area contributed by atoms with Crippen LogP contribution < -0.4 is 10.6 Å². The molecule has 0 spiro atoms. The van der Waals surface area contributed by atoms with Crippen molar-refractivity contribution in [2.24, 2.45) is 10.9 Å². The number of guanidine groups is 1. The third-order valence-corrected chi connectivity index (χ3v) is 4.74. The minimum Gasteiger partial charge on any atom is -0.356 e. The molecule has 0 saturated carbocycles. The Morgan fingerprint density at radius 2 is 2.12 bits per heavy atom. The Bertz CT molecular complexity index is 485. The van der Waals surface area contributed by atoms with Crippen molar-refractivity contribution in [1.29, 1.82) is 0 Å². The van der Waals surface area contributed by atoms with Gasteiger partial charge in [-0.05, 0) is 34.7 Å². The van der Waals surface area contributed by atoms with E-state index in [2.05, 4.69) is 46.3 Å². The highest BCUT2D eigenvalue weighted by Crippen LogP contribution is 2.11. The quantitative estimate of drug-likeness (QED) is 0.502. The van der Waals surface area contributed by atoms with Crippen LogP contribution in [0.15, 0.2) is 21.8 Å². The molecule has 0 saturated heterocycles. The van der Waals surface area contributed by atoms with E-state index < -0.39 is 0 Å². The normalized spacial score (nSPS) is 12.8. The predicted octanol–water partition coefficient (Wildman–Crippen LogP) is 3.09. The zero-order chi connectivity index (χ0) is 17.8. The molecule has 24 heavy (non-hydrogen) atoms. The van der Waals surface area contributed by atoms with Crippen molar-refractivity contribution in [3.63, 3.8) is 0 Å². The van der Waals surface area contributed by atoms with Crippen molar-refractivity contribution < 1.29 is 4.79 Å². The first-order chi connectivity index (χ1) is 11.6. The molecule has 1 rings (SSSR count). The average molecular weight is 353 g/mol. The lowest BCUT2D eigenvalue weighted by Gasteiger charge is -2.19. The summed E-state index contributed by atoms with van der Waals surface area (Å²) in [6, 6.07) is 2.08. The highest BCUT2D eigenvalue weighted by Gasteiger charge is 2.09. The number of amides is 1. The molecule has 1 aromatic heterocycles. The smallest absolute Gasteiger partial charge is 0.241 e. The molecule has 2 N–H and O–H groups in total. The molecule has 0 radical (unpaired) electrons. The largest absolute Gasteiger partial charge is 0.356 e. The summed E-state index contributed by atoms with van der Waals surface area (Å²) in [5.74, 6) is 1.40. The van der Waals surface area contributed by atoms with Gasteiger partial charge < -0.3 is 15.5 Å². The van der Waals surface area contributed by atoms with Gasteiger partial charge in [-0.3, -0.25) is 4.79 Å². The lowest BCUT2D eigenvalue weighted by molar-refractivity contribution is -0.127. The van der Waals surface area contributed by atoms with E-state index in [1.807, 2.05) is 0 Å². The number of aliphatic imine (C=N–C) groups is 1. The van der Waals surface area contributed by atoms with Crippen molar-refractivity contribution in [2.75, 3.05) is 27.2 Å². The molecule has 6 heteroatoms. The van der Waals surface area contributed by atoms with Gasteiger partial charge in [0.2, 0.25) is 5.91 Å². The third kappa shape index (κ3) is 8.34. The SMILES string of the molecule is CCCCC(CC)CNC(=NCc1ccsc1)NCC(=O)N(C)C. The van der Waals surface area contributed by atoms with Gasteiger partial charge in [0, 0.05) is 20.6 Å². The molecule has 5 nitrogen and oxygen atoms in total. The number of hydrogen-bond donors (Lipinski definition) is 2. The van der Waals surface area contributed by atoms with Crippen LogP contribution in [-0.2, 0) is 11.3 Å². The van der Waals surface area contributed by atoms with Gasteiger partial charge in [-0.1, -0.05) is 33.1 Å². The molecule has 1 unspecified atom stereocenters. The number of rotatable bonds is 10. The topological polar surface area (TPSA) is 56.7 Å². The van der Waals surface area contributed by atoms with Crippen LogP contribution >= 0.6 is 11.3 Å². The molecule has 1 heterocycles. The maximum Gasteiger partial charge on any atom is 0.241 e. The second-order valence-electron chi connectivity index (χ2n) is 6.24. The summed E-state index contributed by atoms with van der Waals surface area (Å²) in [6.45, 7) is 6.23. The van der Waals surface area contributed by atoms with E-state index in [-0.39, 0.29) is 12.5 Å². The Hall–Kier alpha value is -1.56. The summed E-state index contributed by atoms with van der Waals surface area (Å²) >= 11 is 1.67. The fourth-order valence-electron chi connectivity index (χ4n) is 2.23. The van der Waals surface area contributed by atoms with Crippen molar-refractivity contribution >= 4 is 23.2 Å². The first-order valence-corrected chi connectivity index (χ1v) is 9.74. The number of nitrogens with one attached hydrogen (secondary N) is 2. The van der Waals surface area contributed by atoms with Crippen LogP contribution in [0.5, 0.6) is 0 Å². The highest BCUT2D eigenvalue weighted by molar-refractivity contribution is 7.07. The molecule has 1 amide bonds. The second-order valence-corrected chi connectivity index (χ2v) is 7.02. The number of unbranched alkanes of at least 4 members (excludes halogenated alkanes) is 1. The van der Waals surface area contributed by atoms with Crippen LogP contribution in [0.25, 0.3) is 0 Å². The first kappa shape index (κ1) is 20.5. The Balaban J connectivity index is 2.58. The number of thiophene rings is 1.